The van der Waals surface area contributed by atoms with Crippen LogP contribution in [0.2, 0.25) is 0 Å². The number of furan rings is 2. The molecular weight excluding hydrogens is 396 g/mol. The maximum Gasteiger partial charge on any atom is 0.419 e. The zero-order chi connectivity index (χ0) is 21.6. The van der Waals surface area contributed by atoms with Gasteiger partial charge in [0.2, 0.25) is 0 Å². The highest BCUT2D eigenvalue weighted by molar-refractivity contribution is 6.17. The minimum absolute atomic E-state index is 0.0207. The van der Waals surface area contributed by atoms with Gasteiger partial charge >= 0.3 is 12.3 Å². The molecule has 0 saturated carbocycles. The van der Waals surface area contributed by atoms with Gasteiger partial charge in [-0.15, -0.1) is 0 Å². The lowest BCUT2D eigenvalue weighted by Gasteiger charge is -2.19. The summed E-state index contributed by atoms with van der Waals surface area (Å²) in [5.41, 5.74) is -2.35. The molecule has 0 fully saturated rings. The van der Waals surface area contributed by atoms with E-state index >= 15 is 0 Å². The Morgan fingerprint density at radius 2 is 1.66 bits per heavy atom. The molecule has 0 radical (unpaired) electrons. The molecule has 0 unspecified atom stereocenters. The molecule has 2 aromatic heterocycles. The molecule has 3 aromatic rings. The Bertz CT molecular complexity index is 1070. The SMILES string of the molecule is CC(C)(C)OC(=O)Nc1c(C(=O)Nc2ccc(F)c(C(F)(F)F)c2)c2ccc1o2. The molecule has 154 valence electrons. The molecule has 10 heteroatoms. The van der Waals surface area contributed by atoms with E-state index < -0.39 is 35.2 Å². The number of benzene rings is 2. The molecule has 1 aromatic carbocycles. The molecular formula is C19H16F4N2O4. The first kappa shape index (κ1) is 20.4. The molecule has 0 aliphatic heterocycles. The summed E-state index contributed by atoms with van der Waals surface area (Å²) in [6.07, 6.45) is -5.76. The second-order valence-corrected chi connectivity index (χ2v) is 7.19. The Balaban J connectivity index is 1.87. The monoisotopic (exact) mass is 412 g/mol. The number of amides is 2. The van der Waals surface area contributed by atoms with Crippen LogP contribution in [0.25, 0.3) is 11.2 Å². The maximum absolute atomic E-state index is 13.4. The molecule has 0 saturated heterocycles. The zero-order valence-electron chi connectivity index (χ0n) is 15.5. The summed E-state index contributed by atoms with van der Waals surface area (Å²) in [6.45, 7) is 4.96. The van der Waals surface area contributed by atoms with Crippen LogP contribution in [0.15, 0.2) is 34.7 Å². The third kappa shape index (κ3) is 4.41. The van der Waals surface area contributed by atoms with Crippen molar-refractivity contribution in [3.05, 3.63) is 47.3 Å². The van der Waals surface area contributed by atoms with E-state index in [1.165, 1.54) is 12.1 Å². The van der Waals surface area contributed by atoms with Gasteiger partial charge in [0.1, 0.15) is 28.3 Å². The molecule has 2 N–H and O–H groups in total. The third-order valence-electron chi connectivity index (χ3n) is 3.73. The van der Waals surface area contributed by atoms with Crippen molar-refractivity contribution in [1.82, 2.24) is 0 Å². The molecule has 2 heterocycles. The summed E-state index contributed by atoms with van der Waals surface area (Å²) >= 11 is 0. The molecule has 3 rings (SSSR count). The fourth-order valence-corrected chi connectivity index (χ4v) is 2.62. The predicted octanol–water partition coefficient (Wildman–Crippen LogP) is 5.63. The summed E-state index contributed by atoms with van der Waals surface area (Å²) in [5, 5.41) is 4.67. The van der Waals surface area contributed by atoms with Gasteiger partial charge in [-0.2, -0.15) is 13.2 Å². The largest absolute Gasteiger partial charge is 0.454 e. The van der Waals surface area contributed by atoms with Gasteiger partial charge in [-0.05, 0) is 51.1 Å². The number of ether oxygens (including phenoxy) is 1. The summed E-state index contributed by atoms with van der Waals surface area (Å²) in [7, 11) is 0. The average molecular weight is 412 g/mol. The number of carbonyl (C=O) groups excluding carboxylic acids is 2. The van der Waals surface area contributed by atoms with Crippen LogP contribution < -0.4 is 10.6 Å². The van der Waals surface area contributed by atoms with Gasteiger partial charge in [-0.3, -0.25) is 10.1 Å². The first-order chi connectivity index (χ1) is 13.3. The van der Waals surface area contributed by atoms with E-state index in [-0.39, 0.29) is 28.1 Å². The van der Waals surface area contributed by atoms with E-state index in [1.54, 1.807) is 20.8 Å². The molecule has 29 heavy (non-hydrogen) atoms. The lowest BCUT2D eigenvalue weighted by atomic mass is 10.1. The van der Waals surface area contributed by atoms with Crippen LogP contribution in [0.5, 0.6) is 0 Å². The van der Waals surface area contributed by atoms with Crippen LogP contribution in [0.3, 0.4) is 0 Å². The summed E-state index contributed by atoms with van der Waals surface area (Å²) < 4.78 is 62.5. The highest BCUT2D eigenvalue weighted by atomic mass is 19.4. The van der Waals surface area contributed by atoms with Crippen molar-refractivity contribution in [2.24, 2.45) is 0 Å². The van der Waals surface area contributed by atoms with Crippen molar-refractivity contribution in [2.45, 2.75) is 32.5 Å². The number of nitrogens with one attached hydrogen (secondary N) is 2. The number of rotatable bonds is 3. The molecule has 2 amide bonds. The first-order valence-electron chi connectivity index (χ1n) is 8.38. The van der Waals surface area contributed by atoms with Crippen LogP contribution in [-0.2, 0) is 10.9 Å². The molecule has 0 aliphatic carbocycles. The van der Waals surface area contributed by atoms with E-state index in [1.807, 2.05) is 0 Å². The van der Waals surface area contributed by atoms with Gasteiger partial charge in [-0.1, -0.05) is 0 Å². The predicted molar refractivity (Wildman–Crippen MR) is 96.6 cm³/mol. The Morgan fingerprint density at radius 1 is 1.00 bits per heavy atom. The molecule has 0 spiro atoms. The quantitative estimate of drug-likeness (QED) is 0.547. The van der Waals surface area contributed by atoms with Gasteiger partial charge in [0.05, 0.1) is 5.56 Å². The first-order valence-corrected chi connectivity index (χ1v) is 8.38. The number of anilines is 2. The fourth-order valence-electron chi connectivity index (χ4n) is 2.62. The van der Waals surface area contributed by atoms with E-state index in [4.69, 9.17) is 9.15 Å². The van der Waals surface area contributed by atoms with E-state index in [0.29, 0.717) is 12.1 Å². The summed E-state index contributed by atoms with van der Waals surface area (Å²) in [4.78, 5) is 24.7. The minimum Gasteiger partial charge on any atom is -0.454 e. The van der Waals surface area contributed by atoms with Crippen molar-refractivity contribution >= 4 is 34.5 Å². The van der Waals surface area contributed by atoms with Crippen LogP contribution in [-0.4, -0.2) is 17.6 Å². The Kier molecular flexibility index (Phi) is 4.89. The van der Waals surface area contributed by atoms with Crippen LogP contribution in [0.1, 0.15) is 36.7 Å². The van der Waals surface area contributed by atoms with Gasteiger partial charge in [0.25, 0.3) is 5.91 Å². The van der Waals surface area contributed by atoms with E-state index in [9.17, 15) is 27.2 Å². The van der Waals surface area contributed by atoms with E-state index in [0.717, 1.165) is 6.07 Å². The second kappa shape index (κ2) is 6.94. The second-order valence-electron chi connectivity index (χ2n) is 7.19. The van der Waals surface area contributed by atoms with Crippen molar-refractivity contribution in [3.8, 4) is 0 Å². The summed E-state index contributed by atoms with van der Waals surface area (Å²) in [5.74, 6) is -2.30. The maximum atomic E-state index is 13.4. The number of carbonyl (C=O) groups is 2. The van der Waals surface area contributed by atoms with Crippen LogP contribution >= 0.6 is 0 Å². The molecule has 0 atom stereocenters. The van der Waals surface area contributed by atoms with Gasteiger partial charge in [0.15, 0.2) is 5.58 Å². The lowest BCUT2D eigenvalue weighted by Crippen LogP contribution is -2.28. The van der Waals surface area contributed by atoms with Crippen LogP contribution in [0, 0.1) is 5.82 Å². The van der Waals surface area contributed by atoms with Crippen molar-refractivity contribution in [1.29, 1.82) is 0 Å². The summed E-state index contributed by atoms with van der Waals surface area (Å²) in [6, 6.07) is 5.06. The molecule has 6 nitrogen and oxygen atoms in total. The number of alkyl halides is 3. The normalized spacial score (nSPS) is 12.2. The topological polar surface area (TPSA) is 80.6 Å². The number of fused-ring (bicyclic) bond motifs is 2. The molecule has 2 bridgehead atoms. The van der Waals surface area contributed by atoms with Crippen molar-refractivity contribution in [2.75, 3.05) is 10.6 Å². The van der Waals surface area contributed by atoms with Gasteiger partial charge in [-0.25, -0.2) is 9.18 Å². The number of halogens is 4. The van der Waals surface area contributed by atoms with Crippen molar-refractivity contribution < 1.29 is 36.3 Å². The van der Waals surface area contributed by atoms with Gasteiger partial charge < -0.3 is 14.5 Å². The average Bonchev–Trinajstić information content (AvgIpc) is 3.15. The number of hydrogen-bond donors (Lipinski definition) is 2. The lowest BCUT2D eigenvalue weighted by molar-refractivity contribution is -0.139. The Hall–Kier alpha value is -3.30. The standard InChI is InChI=1S/C19H16F4N2O4/c1-18(2,3)29-17(27)25-15-13-7-6-12(28-13)14(15)16(26)24-9-4-5-11(20)10(8-9)19(21,22)23/h4-8H,1-3H3,(H,24,26)(H,25,27). The smallest absolute Gasteiger partial charge is 0.419 e. The minimum atomic E-state index is -4.92. The highest BCUT2D eigenvalue weighted by Gasteiger charge is 2.34. The van der Waals surface area contributed by atoms with E-state index in [2.05, 4.69) is 10.6 Å². The fraction of sp³-hybridized carbons (Fsp3) is 0.263. The highest BCUT2D eigenvalue weighted by Crippen LogP contribution is 2.36. The Morgan fingerprint density at radius 3 is 2.28 bits per heavy atom. The Labute approximate surface area is 162 Å². The molecule has 0 aliphatic rings. The zero-order valence-corrected chi connectivity index (χ0v) is 15.5. The van der Waals surface area contributed by atoms with Crippen molar-refractivity contribution in [3.63, 3.8) is 0 Å². The third-order valence-corrected chi connectivity index (χ3v) is 3.73. The van der Waals surface area contributed by atoms with Gasteiger partial charge in [0, 0.05) is 5.69 Å². The number of hydrogen-bond acceptors (Lipinski definition) is 4. The van der Waals surface area contributed by atoms with Crippen LogP contribution in [0.4, 0.5) is 33.7 Å².